The molecule has 6 heteroatoms. The summed E-state index contributed by atoms with van der Waals surface area (Å²) in [6.45, 7) is -0.0321. The number of fused-ring (bicyclic) bond motifs is 3. The van der Waals surface area contributed by atoms with Gasteiger partial charge in [-0.2, -0.15) is 0 Å². The van der Waals surface area contributed by atoms with E-state index in [1.807, 2.05) is 6.07 Å². The van der Waals surface area contributed by atoms with Crippen LogP contribution in [0.3, 0.4) is 0 Å². The summed E-state index contributed by atoms with van der Waals surface area (Å²) in [5.41, 5.74) is 1.93. The summed E-state index contributed by atoms with van der Waals surface area (Å²) in [5, 5.41) is 13.6. The topological polar surface area (TPSA) is 64.3 Å². The number of aliphatic hydroxyl groups is 1. The first kappa shape index (κ1) is 14.9. The number of halogens is 2. The minimum atomic E-state index is -0.632. The van der Waals surface area contributed by atoms with E-state index < -0.39 is 5.54 Å². The monoisotopic (exact) mass is 334 g/mol. The largest absolute Gasteiger partial charge is 0.481 e. The molecule has 1 aliphatic carbocycles. The van der Waals surface area contributed by atoms with Gasteiger partial charge in [-0.15, -0.1) is 0 Å². The van der Waals surface area contributed by atoms with Crippen LogP contribution in [0.2, 0.25) is 5.02 Å². The van der Waals surface area contributed by atoms with Crippen LogP contribution in [0.25, 0.3) is 0 Å². The van der Waals surface area contributed by atoms with Crippen molar-refractivity contribution in [2.45, 2.75) is 18.0 Å². The van der Waals surface area contributed by atoms with Crippen molar-refractivity contribution in [2.75, 3.05) is 13.7 Å². The van der Waals surface area contributed by atoms with E-state index in [-0.39, 0.29) is 24.4 Å². The summed E-state index contributed by atoms with van der Waals surface area (Å²) in [7, 11) is 1.58. The van der Waals surface area contributed by atoms with Crippen molar-refractivity contribution >= 4 is 11.6 Å². The molecule has 4 rings (SSSR count). The lowest BCUT2D eigenvalue weighted by Crippen LogP contribution is -2.34. The number of rotatable bonds is 3. The number of aromatic nitrogens is 1. The molecule has 2 aromatic rings. The lowest BCUT2D eigenvalue weighted by molar-refractivity contribution is 0.181. The molecular formula is C17H16ClFN2O2. The zero-order chi connectivity index (χ0) is 16.2. The Balaban J connectivity index is 1.87. The molecule has 2 heterocycles. The van der Waals surface area contributed by atoms with Crippen molar-refractivity contribution in [1.82, 2.24) is 10.3 Å². The zero-order valence-corrected chi connectivity index (χ0v) is 13.3. The van der Waals surface area contributed by atoms with E-state index in [4.69, 9.17) is 16.3 Å². The van der Waals surface area contributed by atoms with Gasteiger partial charge in [-0.1, -0.05) is 17.7 Å². The smallest absolute Gasteiger partial charge is 0.218 e. The predicted octanol–water partition coefficient (Wildman–Crippen LogP) is 2.59. The van der Waals surface area contributed by atoms with E-state index in [1.165, 1.54) is 6.07 Å². The maximum absolute atomic E-state index is 14.5. The zero-order valence-electron chi connectivity index (χ0n) is 12.5. The Bertz CT molecular complexity index is 785. The van der Waals surface area contributed by atoms with E-state index in [0.717, 1.165) is 11.1 Å². The van der Waals surface area contributed by atoms with Gasteiger partial charge in [0.1, 0.15) is 5.82 Å². The van der Waals surface area contributed by atoms with Gasteiger partial charge in [0.05, 0.1) is 18.7 Å². The number of pyridine rings is 1. The molecule has 1 aromatic heterocycles. The molecule has 1 aromatic carbocycles. The van der Waals surface area contributed by atoms with E-state index >= 15 is 0 Å². The average Bonchev–Trinajstić information content (AvgIpc) is 3.29. The SMILES string of the molecule is COc1nccc2c1[C@@H]1N[C@]1(c1ccc(Cl)cc1F)[C@H](CO)C2. The molecule has 0 saturated carbocycles. The van der Waals surface area contributed by atoms with Crippen LogP contribution in [0.15, 0.2) is 30.5 Å². The highest BCUT2D eigenvalue weighted by Gasteiger charge is 2.64. The van der Waals surface area contributed by atoms with Crippen LogP contribution in [-0.2, 0) is 12.0 Å². The highest BCUT2D eigenvalue weighted by Crippen LogP contribution is 2.60. The fourth-order valence-electron chi connectivity index (χ4n) is 3.90. The lowest BCUT2D eigenvalue weighted by atomic mass is 9.72. The van der Waals surface area contributed by atoms with Gasteiger partial charge < -0.3 is 9.84 Å². The summed E-state index contributed by atoms with van der Waals surface area (Å²) in [6.07, 6.45) is 2.33. The Morgan fingerprint density at radius 2 is 2.30 bits per heavy atom. The summed E-state index contributed by atoms with van der Waals surface area (Å²) in [5.74, 6) is 0.0627. The number of hydrogen-bond donors (Lipinski definition) is 2. The van der Waals surface area contributed by atoms with Gasteiger partial charge in [0.25, 0.3) is 0 Å². The Hall–Kier alpha value is -1.69. The minimum absolute atomic E-state index is 0.0321. The van der Waals surface area contributed by atoms with Crippen LogP contribution in [0.1, 0.15) is 22.7 Å². The van der Waals surface area contributed by atoms with Crippen LogP contribution in [0, 0.1) is 11.7 Å². The number of nitrogens with one attached hydrogen (secondary N) is 1. The molecule has 0 spiro atoms. The van der Waals surface area contributed by atoms with Gasteiger partial charge in [-0.3, -0.25) is 5.32 Å². The Kier molecular flexibility index (Phi) is 3.34. The highest BCUT2D eigenvalue weighted by atomic mass is 35.5. The van der Waals surface area contributed by atoms with Crippen LogP contribution in [-0.4, -0.2) is 23.8 Å². The maximum Gasteiger partial charge on any atom is 0.218 e. The standard InChI is InChI=1S/C17H16ClFN2O2/c1-23-16-14-9(4-5-20-16)6-10(8-22)17(15(14)21-17)12-3-2-11(18)7-13(12)19/h2-5,7,10,15,21-22H,6,8H2,1H3/t10-,15-,17-/m0/s1. The molecule has 0 radical (unpaired) electrons. The molecular weight excluding hydrogens is 319 g/mol. The van der Waals surface area contributed by atoms with Crippen LogP contribution in [0.4, 0.5) is 4.39 Å². The quantitative estimate of drug-likeness (QED) is 0.847. The molecule has 23 heavy (non-hydrogen) atoms. The molecule has 1 aliphatic heterocycles. The van der Waals surface area contributed by atoms with Crippen molar-refractivity contribution in [3.63, 3.8) is 0 Å². The predicted molar refractivity (Wildman–Crippen MR) is 84.0 cm³/mol. The van der Waals surface area contributed by atoms with Crippen LogP contribution < -0.4 is 10.1 Å². The van der Waals surface area contributed by atoms with Crippen molar-refractivity contribution in [1.29, 1.82) is 0 Å². The fourth-order valence-corrected chi connectivity index (χ4v) is 4.06. The first-order valence-electron chi connectivity index (χ1n) is 7.47. The Labute approximate surface area is 138 Å². The van der Waals surface area contributed by atoms with Crippen LogP contribution >= 0.6 is 11.6 Å². The molecule has 0 bridgehead atoms. The van der Waals surface area contributed by atoms with Crippen molar-refractivity contribution in [3.8, 4) is 5.88 Å². The highest BCUT2D eigenvalue weighted by molar-refractivity contribution is 6.30. The third-order valence-electron chi connectivity index (χ3n) is 4.99. The second-order valence-corrected chi connectivity index (χ2v) is 6.48. The van der Waals surface area contributed by atoms with Gasteiger partial charge in [0.15, 0.2) is 0 Å². The number of methoxy groups -OCH3 is 1. The van der Waals surface area contributed by atoms with Gasteiger partial charge in [0.2, 0.25) is 5.88 Å². The second-order valence-electron chi connectivity index (χ2n) is 6.05. The molecule has 0 amide bonds. The maximum atomic E-state index is 14.5. The van der Waals surface area contributed by atoms with Gasteiger partial charge >= 0.3 is 0 Å². The normalized spacial score (nSPS) is 28.0. The first-order chi connectivity index (χ1) is 11.1. The Morgan fingerprint density at radius 3 is 3.00 bits per heavy atom. The lowest BCUT2D eigenvalue weighted by Gasteiger charge is -2.31. The van der Waals surface area contributed by atoms with Gasteiger partial charge in [-0.25, -0.2) is 9.37 Å². The van der Waals surface area contributed by atoms with E-state index in [1.54, 1.807) is 25.4 Å². The number of ether oxygens (including phenoxy) is 1. The summed E-state index contributed by atoms with van der Waals surface area (Å²) >= 11 is 5.87. The third-order valence-corrected chi connectivity index (χ3v) is 5.22. The molecule has 4 nitrogen and oxygen atoms in total. The van der Waals surface area contributed by atoms with Gasteiger partial charge in [0, 0.05) is 34.9 Å². The summed E-state index contributed by atoms with van der Waals surface area (Å²) in [6, 6.07) is 6.50. The number of aliphatic hydroxyl groups excluding tert-OH is 1. The van der Waals surface area contributed by atoms with E-state index in [9.17, 15) is 9.50 Å². The molecule has 0 unspecified atom stereocenters. The van der Waals surface area contributed by atoms with E-state index in [0.29, 0.717) is 22.9 Å². The van der Waals surface area contributed by atoms with E-state index in [2.05, 4.69) is 10.3 Å². The fraction of sp³-hybridized carbons (Fsp3) is 0.353. The molecule has 2 aliphatic rings. The second kappa shape index (κ2) is 5.16. The van der Waals surface area contributed by atoms with Crippen molar-refractivity contribution in [3.05, 3.63) is 58.0 Å². The first-order valence-corrected chi connectivity index (χ1v) is 7.85. The molecule has 1 fully saturated rings. The van der Waals surface area contributed by atoms with Gasteiger partial charge in [-0.05, 0) is 30.2 Å². The third kappa shape index (κ3) is 2.00. The molecule has 3 atom stereocenters. The molecule has 2 N–H and O–H groups in total. The van der Waals surface area contributed by atoms with Crippen molar-refractivity contribution in [2.24, 2.45) is 5.92 Å². The van der Waals surface area contributed by atoms with Crippen molar-refractivity contribution < 1.29 is 14.2 Å². The summed E-state index contributed by atoms with van der Waals surface area (Å²) in [4.78, 5) is 4.26. The summed E-state index contributed by atoms with van der Waals surface area (Å²) < 4.78 is 19.9. The van der Waals surface area contributed by atoms with Crippen LogP contribution in [0.5, 0.6) is 5.88 Å². The molecule has 1 saturated heterocycles. The number of benzene rings is 1. The minimum Gasteiger partial charge on any atom is -0.481 e. The molecule has 120 valence electrons. The number of nitrogens with zero attached hydrogens (tertiary/aromatic N) is 1. The Morgan fingerprint density at radius 1 is 1.48 bits per heavy atom. The number of hydrogen-bond acceptors (Lipinski definition) is 4. The average molecular weight is 335 g/mol.